The molecule has 1 amide bonds. The maximum atomic E-state index is 11.5. The third kappa shape index (κ3) is 1.06. The molecule has 0 aromatic rings. The molecule has 78 valence electrons. The van der Waals surface area contributed by atoms with Crippen LogP contribution in [0.2, 0.25) is 0 Å². The van der Waals surface area contributed by atoms with Crippen LogP contribution >= 0.6 is 0 Å². The summed E-state index contributed by atoms with van der Waals surface area (Å²) < 4.78 is 0. The van der Waals surface area contributed by atoms with Gasteiger partial charge in [-0.3, -0.25) is 9.69 Å². The maximum Gasteiger partial charge on any atom is 0.408 e. The first-order valence-electron chi connectivity index (χ1n) is 4.92. The average molecular weight is 197 g/mol. The van der Waals surface area contributed by atoms with Gasteiger partial charge in [-0.25, -0.2) is 4.79 Å². The van der Waals surface area contributed by atoms with Crippen molar-refractivity contribution in [2.45, 2.75) is 50.6 Å². The van der Waals surface area contributed by atoms with Crippen molar-refractivity contribution in [1.29, 1.82) is 0 Å². The monoisotopic (exact) mass is 197 g/mol. The predicted octanol–water partition coefficient (Wildman–Crippen LogP) is 1.64. The Morgan fingerprint density at radius 2 is 1.71 bits per heavy atom. The largest absolute Gasteiger partial charge is 0.465 e. The summed E-state index contributed by atoms with van der Waals surface area (Å²) >= 11 is 0. The third-order valence-corrected chi connectivity index (χ3v) is 3.63. The molecule has 4 heteroatoms. The van der Waals surface area contributed by atoms with Crippen LogP contribution in [0.15, 0.2) is 0 Å². The normalized spacial score (nSPS) is 41.6. The minimum atomic E-state index is -0.889. The molecule has 2 atom stereocenters. The van der Waals surface area contributed by atoms with Gasteiger partial charge in [0.15, 0.2) is 0 Å². The van der Waals surface area contributed by atoms with Crippen LogP contribution in [0, 0.1) is 0 Å². The summed E-state index contributed by atoms with van der Waals surface area (Å²) in [6.45, 7) is 3.76. The topological polar surface area (TPSA) is 57.6 Å². The van der Waals surface area contributed by atoms with E-state index in [9.17, 15) is 9.59 Å². The minimum absolute atomic E-state index is 0.199. The molecule has 0 aromatic carbocycles. The Bertz CT molecular complexity index is 292. The lowest BCUT2D eigenvalue weighted by molar-refractivity contribution is -0.127. The van der Waals surface area contributed by atoms with Gasteiger partial charge in [0.05, 0.1) is 11.1 Å². The van der Waals surface area contributed by atoms with Gasteiger partial charge in [0, 0.05) is 12.8 Å². The Labute approximate surface area is 82.9 Å². The van der Waals surface area contributed by atoms with Gasteiger partial charge in [-0.1, -0.05) is 0 Å². The molecule has 2 bridgehead atoms. The van der Waals surface area contributed by atoms with Crippen molar-refractivity contribution in [3.8, 4) is 0 Å². The van der Waals surface area contributed by atoms with Crippen LogP contribution < -0.4 is 0 Å². The fraction of sp³-hybridized carbons (Fsp3) is 0.800. The summed E-state index contributed by atoms with van der Waals surface area (Å²) in [5.41, 5.74) is -0.897. The lowest BCUT2D eigenvalue weighted by Crippen LogP contribution is -2.59. The maximum absolute atomic E-state index is 11.5. The number of carboxylic acid groups (broad SMARTS) is 1. The van der Waals surface area contributed by atoms with Crippen molar-refractivity contribution in [3.05, 3.63) is 0 Å². The highest BCUT2D eigenvalue weighted by Crippen LogP contribution is 2.48. The second-order valence-electron chi connectivity index (χ2n) is 5.00. The van der Waals surface area contributed by atoms with E-state index in [1.54, 1.807) is 0 Å². The van der Waals surface area contributed by atoms with Crippen LogP contribution in [0.5, 0.6) is 0 Å². The molecule has 14 heavy (non-hydrogen) atoms. The number of carbonyl (C=O) groups excluding carboxylic acids is 1. The molecule has 0 spiro atoms. The van der Waals surface area contributed by atoms with Crippen molar-refractivity contribution in [2.24, 2.45) is 0 Å². The Morgan fingerprint density at radius 3 is 2.07 bits per heavy atom. The number of fused-ring (bicyclic) bond motifs is 2. The summed E-state index contributed by atoms with van der Waals surface area (Å²) in [6.07, 6.45) is 1.49. The van der Waals surface area contributed by atoms with E-state index in [-0.39, 0.29) is 5.78 Å². The highest BCUT2D eigenvalue weighted by atomic mass is 16.4. The standard InChI is InChI=1S/C10H15NO3/c1-9-3-4-10(2,6-7(12)5-9)11(9)8(13)14/h3-6H2,1-2H3,(H,13,14)/t9-,10+. The van der Waals surface area contributed by atoms with E-state index in [0.29, 0.717) is 12.8 Å². The smallest absolute Gasteiger partial charge is 0.408 e. The van der Waals surface area contributed by atoms with Gasteiger partial charge < -0.3 is 5.11 Å². The van der Waals surface area contributed by atoms with Crippen LogP contribution in [-0.4, -0.2) is 33.0 Å². The first kappa shape index (κ1) is 9.49. The molecule has 0 unspecified atom stereocenters. The molecular weight excluding hydrogens is 182 g/mol. The Kier molecular flexibility index (Phi) is 1.69. The van der Waals surface area contributed by atoms with E-state index in [0.717, 1.165) is 12.8 Å². The predicted molar refractivity (Wildman–Crippen MR) is 50.1 cm³/mol. The molecule has 0 aliphatic carbocycles. The number of nitrogens with zero attached hydrogens (tertiary/aromatic N) is 1. The lowest BCUT2D eigenvalue weighted by atomic mass is 9.85. The number of hydrogen-bond donors (Lipinski definition) is 1. The number of carbonyl (C=O) groups is 2. The van der Waals surface area contributed by atoms with E-state index in [1.807, 2.05) is 13.8 Å². The van der Waals surface area contributed by atoms with E-state index >= 15 is 0 Å². The summed E-state index contributed by atoms with van der Waals surface area (Å²) in [5.74, 6) is 0.199. The van der Waals surface area contributed by atoms with E-state index in [2.05, 4.69) is 0 Å². The zero-order valence-corrected chi connectivity index (χ0v) is 8.54. The lowest BCUT2D eigenvalue weighted by Gasteiger charge is -2.45. The molecule has 2 saturated heterocycles. The number of ketones is 1. The van der Waals surface area contributed by atoms with Gasteiger partial charge in [0.1, 0.15) is 5.78 Å². The number of hydrogen-bond acceptors (Lipinski definition) is 2. The molecule has 2 aliphatic rings. The molecule has 0 aromatic heterocycles. The van der Waals surface area contributed by atoms with E-state index in [4.69, 9.17) is 5.11 Å². The Morgan fingerprint density at radius 1 is 1.29 bits per heavy atom. The summed E-state index contributed by atoms with van der Waals surface area (Å²) in [7, 11) is 0. The quantitative estimate of drug-likeness (QED) is 0.642. The summed E-state index contributed by atoms with van der Waals surface area (Å²) in [4.78, 5) is 24.1. The second-order valence-corrected chi connectivity index (χ2v) is 5.00. The van der Waals surface area contributed by atoms with Crippen molar-refractivity contribution in [2.75, 3.05) is 0 Å². The fourth-order valence-electron chi connectivity index (χ4n) is 3.12. The molecule has 2 rings (SSSR count). The van der Waals surface area contributed by atoms with Crippen LogP contribution in [0.3, 0.4) is 0 Å². The van der Waals surface area contributed by atoms with Crippen LogP contribution in [0.1, 0.15) is 39.5 Å². The molecule has 0 radical (unpaired) electrons. The van der Waals surface area contributed by atoms with Crippen molar-refractivity contribution in [3.63, 3.8) is 0 Å². The molecule has 2 aliphatic heterocycles. The number of amides is 1. The molecular formula is C10H15NO3. The highest BCUT2D eigenvalue weighted by Gasteiger charge is 2.57. The number of rotatable bonds is 0. The third-order valence-electron chi connectivity index (χ3n) is 3.63. The average Bonchev–Trinajstić information content (AvgIpc) is 2.15. The summed E-state index contributed by atoms with van der Waals surface area (Å²) in [5, 5.41) is 9.15. The number of Topliss-reactive ketones (excluding diaryl/α,β-unsaturated/α-hetero) is 1. The SMILES string of the molecule is C[C@]12CC[C@](C)(CC(=O)C1)N2C(=O)O. The summed E-state index contributed by atoms with van der Waals surface area (Å²) in [6, 6.07) is 0. The minimum Gasteiger partial charge on any atom is -0.465 e. The second kappa shape index (κ2) is 2.49. The molecule has 2 fully saturated rings. The zero-order chi connectivity index (χ0) is 10.6. The first-order valence-corrected chi connectivity index (χ1v) is 4.92. The van der Waals surface area contributed by atoms with Gasteiger partial charge in [0.25, 0.3) is 0 Å². The van der Waals surface area contributed by atoms with Gasteiger partial charge >= 0.3 is 6.09 Å². The van der Waals surface area contributed by atoms with Crippen molar-refractivity contribution < 1.29 is 14.7 Å². The van der Waals surface area contributed by atoms with Crippen molar-refractivity contribution in [1.82, 2.24) is 4.90 Å². The van der Waals surface area contributed by atoms with E-state index < -0.39 is 17.2 Å². The fourth-order valence-corrected chi connectivity index (χ4v) is 3.12. The molecule has 4 nitrogen and oxygen atoms in total. The molecule has 1 N–H and O–H groups in total. The van der Waals surface area contributed by atoms with Gasteiger partial charge in [-0.2, -0.15) is 0 Å². The zero-order valence-electron chi connectivity index (χ0n) is 8.54. The Balaban J connectivity index is 2.42. The van der Waals surface area contributed by atoms with E-state index in [1.165, 1.54) is 4.90 Å². The van der Waals surface area contributed by atoms with Crippen LogP contribution in [-0.2, 0) is 4.79 Å². The first-order chi connectivity index (χ1) is 6.37. The van der Waals surface area contributed by atoms with Gasteiger partial charge in [0.2, 0.25) is 0 Å². The highest BCUT2D eigenvalue weighted by molar-refractivity contribution is 5.85. The molecule has 0 saturated carbocycles. The van der Waals surface area contributed by atoms with Crippen molar-refractivity contribution >= 4 is 11.9 Å². The van der Waals surface area contributed by atoms with Gasteiger partial charge in [-0.15, -0.1) is 0 Å². The Hall–Kier alpha value is -1.06. The van der Waals surface area contributed by atoms with Crippen LogP contribution in [0.4, 0.5) is 4.79 Å². The molecule has 2 heterocycles. The van der Waals surface area contributed by atoms with Gasteiger partial charge in [-0.05, 0) is 26.7 Å². The number of piperidine rings is 1. The van der Waals surface area contributed by atoms with Crippen LogP contribution in [0.25, 0.3) is 0 Å².